The SMILES string of the molecule is CC(C)(N)CNC(=O)CS(=O)(=O)c1ccc(Cl)cc1.Cl. The summed E-state index contributed by atoms with van der Waals surface area (Å²) >= 11 is 5.68. The molecule has 0 aromatic heterocycles. The van der Waals surface area contributed by atoms with Crippen LogP contribution in [0, 0.1) is 0 Å². The summed E-state index contributed by atoms with van der Waals surface area (Å²) in [5.41, 5.74) is 5.11. The molecule has 114 valence electrons. The van der Waals surface area contributed by atoms with Gasteiger partial charge in [-0.2, -0.15) is 0 Å². The molecule has 0 saturated carbocycles. The number of hydrogen-bond acceptors (Lipinski definition) is 4. The number of sulfone groups is 1. The Labute approximate surface area is 130 Å². The van der Waals surface area contributed by atoms with Gasteiger partial charge in [-0.05, 0) is 38.1 Å². The smallest absolute Gasteiger partial charge is 0.235 e. The number of amides is 1. The number of benzene rings is 1. The first-order chi connectivity index (χ1) is 8.60. The lowest BCUT2D eigenvalue weighted by molar-refractivity contribution is -0.118. The Morgan fingerprint density at radius 3 is 2.25 bits per heavy atom. The molecule has 5 nitrogen and oxygen atoms in total. The molecule has 0 heterocycles. The van der Waals surface area contributed by atoms with Crippen LogP contribution in [0.2, 0.25) is 5.02 Å². The topological polar surface area (TPSA) is 89.3 Å². The summed E-state index contributed by atoms with van der Waals surface area (Å²) < 4.78 is 23.9. The Morgan fingerprint density at radius 2 is 1.80 bits per heavy atom. The van der Waals surface area contributed by atoms with E-state index >= 15 is 0 Å². The highest BCUT2D eigenvalue weighted by Crippen LogP contribution is 2.15. The molecule has 0 atom stereocenters. The van der Waals surface area contributed by atoms with Crippen LogP contribution in [0.25, 0.3) is 0 Å². The van der Waals surface area contributed by atoms with Gasteiger partial charge in [0.2, 0.25) is 5.91 Å². The number of hydrogen-bond donors (Lipinski definition) is 2. The van der Waals surface area contributed by atoms with Gasteiger partial charge in [-0.1, -0.05) is 11.6 Å². The normalized spacial score (nSPS) is 11.6. The summed E-state index contributed by atoms with van der Waals surface area (Å²) in [5, 5.41) is 2.93. The summed E-state index contributed by atoms with van der Waals surface area (Å²) in [7, 11) is -3.66. The highest BCUT2D eigenvalue weighted by Gasteiger charge is 2.20. The van der Waals surface area contributed by atoms with E-state index in [1.54, 1.807) is 13.8 Å². The largest absolute Gasteiger partial charge is 0.353 e. The molecular formula is C12H18Cl2N2O3S. The van der Waals surface area contributed by atoms with E-state index in [1.807, 2.05) is 0 Å². The lowest BCUT2D eigenvalue weighted by Gasteiger charge is -2.18. The van der Waals surface area contributed by atoms with Crippen molar-refractivity contribution in [3.8, 4) is 0 Å². The van der Waals surface area contributed by atoms with Gasteiger partial charge < -0.3 is 11.1 Å². The van der Waals surface area contributed by atoms with Crippen molar-refractivity contribution in [1.29, 1.82) is 0 Å². The molecular weight excluding hydrogens is 323 g/mol. The van der Waals surface area contributed by atoms with Gasteiger partial charge in [0.1, 0.15) is 5.75 Å². The molecule has 0 saturated heterocycles. The van der Waals surface area contributed by atoms with Crippen molar-refractivity contribution in [3.63, 3.8) is 0 Å². The van der Waals surface area contributed by atoms with E-state index in [2.05, 4.69) is 5.32 Å². The molecule has 0 aliphatic heterocycles. The second-order valence-electron chi connectivity index (χ2n) is 4.98. The van der Waals surface area contributed by atoms with Crippen LogP contribution in [-0.4, -0.2) is 32.2 Å². The average molecular weight is 341 g/mol. The maximum absolute atomic E-state index is 11.9. The highest BCUT2D eigenvalue weighted by atomic mass is 35.5. The zero-order valence-corrected chi connectivity index (χ0v) is 13.6. The molecule has 0 unspecified atom stereocenters. The standard InChI is InChI=1S/C12H17ClN2O3S.ClH/c1-12(2,14)8-15-11(16)7-19(17,18)10-5-3-9(13)4-6-10;/h3-6H,7-8,14H2,1-2H3,(H,15,16);1H. The van der Waals surface area contributed by atoms with Crippen LogP contribution in [0.5, 0.6) is 0 Å². The van der Waals surface area contributed by atoms with E-state index in [0.29, 0.717) is 5.02 Å². The molecule has 1 amide bonds. The fourth-order valence-corrected chi connectivity index (χ4v) is 2.57. The maximum atomic E-state index is 11.9. The van der Waals surface area contributed by atoms with Crippen LogP contribution in [-0.2, 0) is 14.6 Å². The third-order valence-electron chi connectivity index (χ3n) is 2.24. The predicted octanol–water partition coefficient (Wildman–Crippen LogP) is 1.39. The van der Waals surface area contributed by atoms with E-state index in [-0.39, 0.29) is 23.8 Å². The minimum Gasteiger partial charge on any atom is -0.353 e. The minimum atomic E-state index is -3.66. The fourth-order valence-electron chi connectivity index (χ4n) is 1.28. The van der Waals surface area contributed by atoms with Crippen LogP contribution in [0.1, 0.15) is 13.8 Å². The lowest BCUT2D eigenvalue weighted by Crippen LogP contribution is -2.46. The Morgan fingerprint density at radius 1 is 1.30 bits per heavy atom. The fraction of sp³-hybridized carbons (Fsp3) is 0.417. The Bertz CT molecular complexity index is 551. The van der Waals surface area contributed by atoms with Crippen LogP contribution < -0.4 is 11.1 Å². The first-order valence-corrected chi connectivity index (χ1v) is 7.67. The summed E-state index contributed by atoms with van der Waals surface area (Å²) in [4.78, 5) is 11.6. The van der Waals surface area contributed by atoms with E-state index in [4.69, 9.17) is 17.3 Å². The van der Waals surface area contributed by atoms with Crippen molar-refractivity contribution in [1.82, 2.24) is 5.32 Å². The van der Waals surface area contributed by atoms with Crippen LogP contribution in [0.3, 0.4) is 0 Å². The molecule has 0 bridgehead atoms. The van der Waals surface area contributed by atoms with Gasteiger partial charge in [0.05, 0.1) is 4.90 Å². The monoisotopic (exact) mass is 340 g/mol. The van der Waals surface area contributed by atoms with E-state index in [1.165, 1.54) is 24.3 Å². The van der Waals surface area contributed by atoms with Gasteiger partial charge in [0, 0.05) is 17.1 Å². The van der Waals surface area contributed by atoms with Gasteiger partial charge in [-0.15, -0.1) is 12.4 Å². The van der Waals surface area contributed by atoms with E-state index in [0.717, 1.165) is 0 Å². The molecule has 1 aromatic rings. The lowest BCUT2D eigenvalue weighted by atomic mass is 10.1. The first-order valence-electron chi connectivity index (χ1n) is 5.64. The molecule has 0 aliphatic carbocycles. The quantitative estimate of drug-likeness (QED) is 0.847. The minimum absolute atomic E-state index is 0. The van der Waals surface area contributed by atoms with Crippen LogP contribution >= 0.6 is 24.0 Å². The van der Waals surface area contributed by atoms with Crippen molar-refractivity contribution in [2.45, 2.75) is 24.3 Å². The van der Waals surface area contributed by atoms with Crippen molar-refractivity contribution < 1.29 is 13.2 Å². The van der Waals surface area contributed by atoms with Crippen molar-refractivity contribution in [2.75, 3.05) is 12.3 Å². The molecule has 0 fully saturated rings. The molecule has 1 aromatic carbocycles. The molecule has 0 radical (unpaired) electrons. The number of nitrogens with one attached hydrogen (secondary N) is 1. The van der Waals surface area contributed by atoms with Crippen molar-refractivity contribution in [2.24, 2.45) is 5.73 Å². The Kier molecular flexibility index (Phi) is 6.97. The van der Waals surface area contributed by atoms with E-state index < -0.39 is 27.0 Å². The summed E-state index contributed by atoms with van der Waals surface area (Å²) in [6, 6.07) is 5.68. The summed E-state index contributed by atoms with van der Waals surface area (Å²) in [5.74, 6) is -1.18. The van der Waals surface area contributed by atoms with Gasteiger partial charge in [-0.3, -0.25) is 4.79 Å². The summed E-state index contributed by atoms with van der Waals surface area (Å²) in [6.07, 6.45) is 0. The number of carbonyl (C=O) groups is 1. The third kappa shape index (κ3) is 6.56. The molecule has 3 N–H and O–H groups in total. The van der Waals surface area contributed by atoms with Crippen LogP contribution in [0.15, 0.2) is 29.2 Å². The van der Waals surface area contributed by atoms with Crippen molar-refractivity contribution >= 4 is 39.8 Å². The van der Waals surface area contributed by atoms with Gasteiger partial charge >= 0.3 is 0 Å². The second-order valence-corrected chi connectivity index (χ2v) is 7.40. The zero-order valence-electron chi connectivity index (χ0n) is 11.2. The highest BCUT2D eigenvalue weighted by molar-refractivity contribution is 7.92. The zero-order chi connectivity index (χ0) is 14.7. The van der Waals surface area contributed by atoms with Gasteiger partial charge in [0.25, 0.3) is 0 Å². The Hall–Kier alpha value is -0.820. The predicted molar refractivity (Wildman–Crippen MR) is 82.0 cm³/mol. The summed E-state index contributed by atoms with van der Waals surface area (Å²) in [6.45, 7) is 3.68. The second kappa shape index (κ2) is 7.26. The maximum Gasteiger partial charge on any atom is 0.235 e. The molecule has 1 rings (SSSR count). The van der Waals surface area contributed by atoms with Crippen LogP contribution in [0.4, 0.5) is 0 Å². The number of carbonyl (C=O) groups excluding carboxylic acids is 1. The molecule has 0 spiro atoms. The number of rotatable bonds is 5. The number of nitrogens with two attached hydrogens (primary N) is 1. The number of halogens is 2. The van der Waals surface area contributed by atoms with E-state index in [9.17, 15) is 13.2 Å². The molecule has 0 aliphatic rings. The van der Waals surface area contributed by atoms with Gasteiger partial charge in [0.15, 0.2) is 9.84 Å². The third-order valence-corrected chi connectivity index (χ3v) is 4.12. The average Bonchev–Trinajstić information content (AvgIpc) is 2.25. The van der Waals surface area contributed by atoms with Gasteiger partial charge in [-0.25, -0.2) is 8.42 Å². The van der Waals surface area contributed by atoms with Crippen molar-refractivity contribution in [3.05, 3.63) is 29.3 Å². The first kappa shape index (κ1) is 19.2. The Balaban J connectivity index is 0.00000361. The molecule has 20 heavy (non-hydrogen) atoms. The molecule has 8 heteroatoms.